The molecule has 0 aliphatic rings. The maximum Gasteiger partial charge on any atom is 0.472 e. The Balaban J connectivity index is 4.17. The Morgan fingerprint density at radius 2 is 0.826 bits per heavy atom. The van der Waals surface area contributed by atoms with Crippen LogP contribution in [0.15, 0.2) is 85.1 Å². The van der Waals surface area contributed by atoms with E-state index in [0.717, 1.165) is 89.9 Å². The van der Waals surface area contributed by atoms with Crippen LogP contribution in [0, 0.1) is 0 Å². The Morgan fingerprint density at radius 1 is 0.464 bits per heavy atom. The van der Waals surface area contributed by atoms with Crippen LogP contribution in [-0.4, -0.2) is 74.9 Å². The van der Waals surface area contributed by atoms with Gasteiger partial charge in [0.2, 0.25) is 0 Å². The van der Waals surface area contributed by atoms with Crippen molar-refractivity contribution >= 4 is 19.8 Å². The van der Waals surface area contributed by atoms with E-state index in [1.54, 1.807) is 0 Å². The Hall–Kier alpha value is -2.81. The van der Waals surface area contributed by atoms with E-state index in [-0.39, 0.29) is 32.0 Å². The highest BCUT2D eigenvalue weighted by molar-refractivity contribution is 7.47. The molecule has 2 atom stereocenters. The summed E-state index contributed by atoms with van der Waals surface area (Å²) in [5.74, 6) is -0.803. The summed E-state index contributed by atoms with van der Waals surface area (Å²) in [4.78, 5) is 35.6. The Labute approximate surface area is 424 Å². The summed E-state index contributed by atoms with van der Waals surface area (Å²) >= 11 is 0. The first-order valence-electron chi connectivity index (χ1n) is 27.8. The van der Waals surface area contributed by atoms with Gasteiger partial charge in [0.15, 0.2) is 6.10 Å². The van der Waals surface area contributed by atoms with Gasteiger partial charge in [-0.25, -0.2) is 4.57 Å². The van der Waals surface area contributed by atoms with Crippen LogP contribution in [0.25, 0.3) is 0 Å². The Morgan fingerprint density at radius 3 is 1.23 bits per heavy atom. The van der Waals surface area contributed by atoms with E-state index < -0.39 is 26.5 Å². The van der Waals surface area contributed by atoms with Crippen molar-refractivity contribution in [2.75, 3.05) is 47.5 Å². The number of unbranched alkanes of at least 4 members (excludes halogenated alkanes) is 22. The van der Waals surface area contributed by atoms with E-state index in [2.05, 4.69) is 98.9 Å². The molecule has 0 aliphatic carbocycles. The van der Waals surface area contributed by atoms with Crippen LogP contribution in [0.4, 0.5) is 0 Å². The number of allylic oxidation sites excluding steroid dienone is 14. The lowest BCUT2D eigenvalue weighted by atomic mass is 10.0. The molecule has 0 fully saturated rings. The van der Waals surface area contributed by atoms with Gasteiger partial charge in [-0.05, 0) is 70.6 Å². The number of hydrogen-bond donors (Lipinski definition) is 1. The molecule has 0 radical (unpaired) electrons. The number of ether oxygens (including phenoxy) is 2. The second kappa shape index (κ2) is 50.1. The molecule has 0 aromatic rings. The van der Waals surface area contributed by atoms with Crippen LogP contribution >= 0.6 is 7.82 Å². The van der Waals surface area contributed by atoms with Crippen molar-refractivity contribution < 1.29 is 42.1 Å². The Kier molecular flexibility index (Phi) is 48.1. The molecular weight excluding hydrogens is 882 g/mol. The monoisotopic (exact) mass is 987 g/mol. The molecule has 0 aromatic carbocycles. The number of rotatable bonds is 50. The van der Waals surface area contributed by atoms with Crippen molar-refractivity contribution in [3.8, 4) is 0 Å². The highest BCUT2D eigenvalue weighted by Crippen LogP contribution is 2.43. The minimum Gasteiger partial charge on any atom is -0.462 e. The van der Waals surface area contributed by atoms with Crippen molar-refractivity contribution in [2.24, 2.45) is 0 Å². The number of esters is 2. The lowest BCUT2D eigenvalue weighted by Crippen LogP contribution is -2.37. The first kappa shape index (κ1) is 66.2. The average Bonchev–Trinajstić information content (AvgIpc) is 3.31. The van der Waals surface area contributed by atoms with Crippen molar-refractivity contribution in [1.29, 1.82) is 0 Å². The highest BCUT2D eigenvalue weighted by Gasteiger charge is 2.27. The van der Waals surface area contributed by atoms with Crippen LogP contribution in [0.3, 0.4) is 0 Å². The van der Waals surface area contributed by atoms with E-state index in [4.69, 9.17) is 18.5 Å². The number of nitrogens with zero attached hydrogens (tertiary/aromatic N) is 1. The third-order valence-electron chi connectivity index (χ3n) is 11.7. The molecule has 1 N–H and O–H groups in total. The van der Waals surface area contributed by atoms with Gasteiger partial charge in [0.05, 0.1) is 27.7 Å². The molecule has 0 saturated heterocycles. The van der Waals surface area contributed by atoms with Gasteiger partial charge >= 0.3 is 19.8 Å². The van der Waals surface area contributed by atoms with E-state index in [1.807, 2.05) is 21.1 Å². The second-order valence-corrected chi connectivity index (χ2v) is 21.0. The SMILES string of the molecule is CC/C=C\C/C=C\C/C=C\C/C=C\C/C=C\C/C=C\C/C=C\CCCCCCCCCCCC(=O)OC(COC(=O)CCCCCCCCCCCCCCCC)COP(=O)(O)OCC[N+](C)(C)C. The fraction of sp³-hybridized carbons (Fsp3) is 0.729. The maximum absolute atomic E-state index is 12.8. The zero-order chi connectivity index (χ0) is 50.6. The smallest absolute Gasteiger partial charge is 0.462 e. The van der Waals surface area contributed by atoms with Crippen LogP contribution in [0.2, 0.25) is 0 Å². The number of likely N-dealkylation sites (N-methyl/N-ethyl adjacent to an activating group) is 1. The average molecular weight is 987 g/mol. The molecule has 0 aliphatic heterocycles. The number of hydrogen-bond acceptors (Lipinski definition) is 7. The number of quaternary nitrogens is 1. The standard InChI is InChI=1S/C59H104NO8P/c1-6-8-10-12-14-16-18-20-22-23-24-25-26-27-28-29-30-31-32-33-34-35-36-37-38-40-42-44-46-48-50-52-59(62)68-57(56-67-69(63,64)66-54-53-60(3,4)5)55-65-58(61)51-49-47-45-43-41-39-21-19-17-15-13-11-9-7-2/h8,10,14,16,20,22,24-25,27-28,30-31,33-34,57H,6-7,9,11-13,15,17-19,21,23,26,29,32,35-56H2,1-5H3/p+1/b10-8-,16-14-,22-20-,25-24-,28-27-,31-30-,34-33-. The molecule has 0 bridgehead atoms. The molecule has 2 unspecified atom stereocenters. The van der Waals surface area contributed by atoms with Crippen LogP contribution in [-0.2, 0) is 32.7 Å². The summed E-state index contributed by atoms with van der Waals surface area (Å²) in [5, 5.41) is 0. The Bertz CT molecular complexity index is 1440. The molecule has 0 aromatic heterocycles. The van der Waals surface area contributed by atoms with E-state index in [9.17, 15) is 19.0 Å². The van der Waals surface area contributed by atoms with Gasteiger partial charge in [0, 0.05) is 12.8 Å². The summed E-state index contributed by atoms with van der Waals surface area (Å²) < 4.78 is 34.5. The van der Waals surface area contributed by atoms with Gasteiger partial charge in [0.1, 0.15) is 19.8 Å². The minimum absolute atomic E-state index is 0.0281. The zero-order valence-corrected chi connectivity index (χ0v) is 45.9. The van der Waals surface area contributed by atoms with Crippen LogP contribution in [0.5, 0.6) is 0 Å². The fourth-order valence-electron chi connectivity index (χ4n) is 7.41. The first-order chi connectivity index (χ1) is 33.5. The second-order valence-electron chi connectivity index (χ2n) is 19.6. The topological polar surface area (TPSA) is 108 Å². The molecule has 9 nitrogen and oxygen atoms in total. The number of phosphoric acid groups is 1. The molecular formula is C59H105NO8P+. The number of carbonyl (C=O) groups excluding carboxylic acids is 2. The maximum atomic E-state index is 12.8. The van der Waals surface area contributed by atoms with Gasteiger partial charge < -0.3 is 18.9 Å². The molecule has 0 saturated carbocycles. The lowest BCUT2D eigenvalue weighted by molar-refractivity contribution is -0.870. The predicted molar refractivity (Wildman–Crippen MR) is 293 cm³/mol. The summed E-state index contributed by atoms with van der Waals surface area (Å²) in [6.07, 6.45) is 66.4. The lowest BCUT2D eigenvalue weighted by Gasteiger charge is -2.24. The summed E-state index contributed by atoms with van der Waals surface area (Å²) in [7, 11) is 1.47. The van der Waals surface area contributed by atoms with Gasteiger partial charge in [-0.3, -0.25) is 18.6 Å². The number of carbonyl (C=O) groups is 2. The quantitative estimate of drug-likeness (QED) is 0.0211. The molecule has 0 heterocycles. The third-order valence-corrected chi connectivity index (χ3v) is 12.7. The predicted octanol–water partition coefficient (Wildman–Crippen LogP) is 17.1. The van der Waals surface area contributed by atoms with Gasteiger partial charge in [0.25, 0.3) is 0 Å². The molecule has 0 amide bonds. The normalized spacial score (nSPS) is 14.0. The van der Waals surface area contributed by atoms with Crippen molar-refractivity contribution in [3.05, 3.63) is 85.1 Å². The first-order valence-corrected chi connectivity index (χ1v) is 29.3. The van der Waals surface area contributed by atoms with Crippen LogP contribution in [0.1, 0.15) is 226 Å². The summed E-state index contributed by atoms with van der Waals surface area (Å²) in [6, 6.07) is 0. The van der Waals surface area contributed by atoms with Gasteiger partial charge in [-0.15, -0.1) is 0 Å². The van der Waals surface area contributed by atoms with E-state index >= 15 is 0 Å². The summed E-state index contributed by atoms with van der Waals surface area (Å²) in [5.41, 5.74) is 0. The van der Waals surface area contributed by atoms with E-state index in [1.165, 1.54) is 103 Å². The molecule has 69 heavy (non-hydrogen) atoms. The number of phosphoric ester groups is 1. The molecule has 0 rings (SSSR count). The highest BCUT2D eigenvalue weighted by atomic mass is 31.2. The van der Waals surface area contributed by atoms with Crippen LogP contribution < -0.4 is 0 Å². The van der Waals surface area contributed by atoms with Gasteiger partial charge in [-0.2, -0.15) is 0 Å². The van der Waals surface area contributed by atoms with Crippen molar-refractivity contribution in [1.82, 2.24) is 0 Å². The van der Waals surface area contributed by atoms with E-state index in [0.29, 0.717) is 17.4 Å². The van der Waals surface area contributed by atoms with Gasteiger partial charge in [-0.1, -0.05) is 227 Å². The van der Waals surface area contributed by atoms with Crippen molar-refractivity contribution in [3.63, 3.8) is 0 Å². The zero-order valence-electron chi connectivity index (χ0n) is 45.0. The largest absolute Gasteiger partial charge is 0.472 e. The fourth-order valence-corrected chi connectivity index (χ4v) is 8.15. The van der Waals surface area contributed by atoms with Crippen molar-refractivity contribution in [2.45, 2.75) is 232 Å². The molecule has 0 spiro atoms. The molecule has 398 valence electrons. The summed E-state index contributed by atoms with van der Waals surface area (Å²) in [6.45, 7) is 4.31. The molecule has 10 heteroatoms. The third kappa shape index (κ3) is 54.4. The minimum atomic E-state index is -4.39.